The topological polar surface area (TPSA) is 75.0 Å². The van der Waals surface area contributed by atoms with Crippen molar-refractivity contribution in [2.45, 2.75) is 38.2 Å². The number of anilines is 1. The van der Waals surface area contributed by atoms with Gasteiger partial charge < -0.3 is 10.1 Å². The molecule has 0 amide bonds. The summed E-state index contributed by atoms with van der Waals surface area (Å²) in [5.41, 5.74) is 0.325. The van der Waals surface area contributed by atoms with Crippen LogP contribution in [0.25, 0.3) is 0 Å². The summed E-state index contributed by atoms with van der Waals surface area (Å²) in [5.74, 6) is 0.246. The molecule has 2 rings (SSSR count). The Labute approximate surface area is 112 Å². The molecule has 0 radical (unpaired) electrons. The molecule has 5 heteroatoms. The highest BCUT2D eigenvalue weighted by atomic mass is 16.5. The SMILES string of the molecule is N#Cc1cccc(NCC(=O)OC2CCCCC2)n1. The second kappa shape index (κ2) is 6.74. The number of carbonyl (C=O) groups is 1. The molecule has 0 aliphatic heterocycles. The molecule has 1 aromatic heterocycles. The number of hydrogen-bond acceptors (Lipinski definition) is 5. The summed E-state index contributed by atoms with van der Waals surface area (Å²) in [5, 5.41) is 11.6. The number of esters is 1. The lowest BCUT2D eigenvalue weighted by Crippen LogP contribution is -2.25. The summed E-state index contributed by atoms with van der Waals surface area (Å²) in [7, 11) is 0. The van der Waals surface area contributed by atoms with Gasteiger partial charge in [0, 0.05) is 0 Å². The normalized spacial score (nSPS) is 15.5. The zero-order valence-electron chi connectivity index (χ0n) is 10.8. The number of hydrogen-bond donors (Lipinski definition) is 1. The van der Waals surface area contributed by atoms with Crippen LogP contribution in [-0.4, -0.2) is 23.6 Å². The number of nitrogens with one attached hydrogen (secondary N) is 1. The molecule has 0 aromatic carbocycles. The second-order valence-electron chi connectivity index (χ2n) is 4.62. The van der Waals surface area contributed by atoms with Crippen LogP contribution >= 0.6 is 0 Å². The van der Waals surface area contributed by atoms with E-state index in [2.05, 4.69) is 10.3 Å². The second-order valence-corrected chi connectivity index (χ2v) is 4.62. The van der Waals surface area contributed by atoms with Crippen LogP contribution in [0.2, 0.25) is 0 Å². The van der Waals surface area contributed by atoms with Crippen LogP contribution in [0.3, 0.4) is 0 Å². The van der Waals surface area contributed by atoms with Gasteiger partial charge >= 0.3 is 5.97 Å². The highest BCUT2D eigenvalue weighted by Crippen LogP contribution is 2.20. The van der Waals surface area contributed by atoms with Gasteiger partial charge in [-0.3, -0.25) is 4.79 Å². The monoisotopic (exact) mass is 259 g/mol. The molecule has 1 N–H and O–H groups in total. The Morgan fingerprint density at radius 1 is 1.42 bits per heavy atom. The maximum atomic E-state index is 11.7. The van der Waals surface area contributed by atoms with E-state index in [1.54, 1.807) is 18.2 Å². The largest absolute Gasteiger partial charge is 0.461 e. The maximum Gasteiger partial charge on any atom is 0.325 e. The molecule has 0 atom stereocenters. The average Bonchev–Trinajstić information content (AvgIpc) is 2.46. The van der Waals surface area contributed by atoms with Crippen molar-refractivity contribution in [2.75, 3.05) is 11.9 Å². The fourth-order valence-electron chi connectivity index (χ4n) is 2.17. The van der Waals surface area contributed by atoms with Crippen molar-refractivity contribution in [3.05, 3.63) is 23.9 Å². The zero-order valence-corrected chi connectivity index (χ0v) is 10.8. The summed E-state index contributed by atoms with van der Waals surface area (Å²) in [4.78, 5) is 15.7. The first kappa shape index (κ1) is 13.3. The van der Waals surface area contributed by atoms with Crippen molar-refractivity contribution in [3.63, 3.8) is 0 Å². The lowest BCUT2D eigenvalue weighted by atomic mass is 9.98. The fraction of sp³-hybridized carbons (Fsp3) is 0.500. The molecule has 0 saturated heterocycles. The van der Waals surface area contributed by atoms with E-state index in [9.17, 15) is 4.79 Å². The summed E-state index contributed by atoms with van der Waals surface area (Å²) < 4.78 is 5.38. The van der Waals surface area contributed by atoms with E-state index in [0.717, 1.165) is 25.7 Å². The minimum absolute atomic E-state index is 0.0708. The number of nitriles is 1. The van der Waals surface area contributed by atoms with Gasteiger partial charge in [-0.2, -0.15) is 5.26 Å². The van der Waals surface area contributed by atoms with Gasteiger partial charge in [0.25, 0.3) is 0 Å². The van der Waals surface area contributed by atoms with Crippen LogP contribution in [0.1, 0.15) is 37.8 Å². The summed E-state index contributed by atoms with van der Waals surface area (Å²) >= 11 is 0. The van der Waals surface area contributed by atoms with Crippen LogP contribution in [-0.2, 0) is 9.53 Å². The van der Waals surface area contributed by atoms with Gasteiger partial charge in [-0.25, -0.2) is 4.98 Å². The molecule has 1 aromatic rings. The molecule has 1 aliphatic rings. The predicted octanol–water partition coefficient (Wildman–Crippen LogP) is 2.24. The first-order valence-electron chi connectivity index (χ1n) is 6.58. The number of nitrogens with zero attached hydrogens (tertiary/aromatic N) is 2. The van der Waals surface area contributed by atoms with Crippen molar-refractivity contribution in [1.82, 2.24) is 4.98 Å². The van der Waals surface area contributed by atoms with Crippen molar-refractivity contribution in [2.24, 2.45) is 0 Å². The van der Waals surface area contributed by atoms with E-state index in [0.29, 0.717) is 11.5 Å². The number of aromatic nitrogens is 1. The number of carbonyl (C=O) groups excluding carboxylic acids is 1. The number of ether oxygens (including phenoxy) is 1. The molecule has 100 valence electrons. The van der Waals surface area contributed by atoms with Crippen LogP contribution in [0, 0.1) is 11.3 Å². The summed E-state index contributed by atoms with van der Waals surface area (Å²) in [6, 6.07) is 7.01. The van der Waals surface area contributed by atoms with Gasteiger partial charge in [-0.05, 0) is 37.8 Å². The third-order valence-electron chi connectivity index (χ3n) is 3.13. The molecule has 0 unspecified atom stereocenters. The predicted molar refractivity (Wildman–Crippen MR) is 70.4 cm³/mol. The van der Waals surface area contributed by atoms with Crippen molar-refractivity contribution in [1.29, 1.82) is 5.26 Å². The van der Waals surface area contributed by atoms with Gasteiger partial charge in [-0.1, -0.05) is 12.5 Å². The lowest BCUT2D eigenvalue weighted by Gasteiger charge is -2.21. The Bertz CT molecular complexity index is 476. The van der Waals surface area contributed by atoms with E-state index in [1.165, 1.54) is 6.42 Å². The van der Waals surface area contributed by atoms with Crippen LogP contribution in [0.15, 0.2) is 18.2 Å². The van der Waals surface area contributed by atoms with E-state index in [1.807, 2.05) is 6.07 Å². The minimum atomic E-state index is -0.268. The molecule has 19 heavy (non-hydrogen) atoms. The zero-order chi connectivity index (χ0) is 13.5. The molecule has 1 aliphatic carbocycles. The fourth-order valence-corrected chi connectivity index (χ4v) is 2.17. The standard InChI is InChI=1S/C14H17N3O2/c15-9-11-5-4-8-13(17-11)16-10-14(18)19-12-6-2-1-3-7-12/h4-5,8,12H,1-3,6-7,10H2,(H,16,17). The van der Waals surface area contributed by atoms with Crippen LogP contribution < -0.4 is 5.32 Å². The average molecular weight is 259 g/mol. The molecular weight excluding hydrogens is 242 g/mol. The van der Waals surface area contributed by atoms with Crippen molar-refractivity contribution >= 4 is 11.8 Å². The van der Waals surface area contributed by atoms with Crippen molar-refractivity contribution in [3.8, 4) is 6.07 Å². The van der Waals surface area contributed by atoms with E-state index in [-0.39, 0.29) is 18.6 Å². The van der Waals surface area contributed by atoms with Gasteiger partial charge in [0.05, 0.1) is 0 Å². The molecule has 1 saturated carbocycles. The van der Waals surface area contributed by atoms with Crippen molar-refractivity contribution < 1.29 is 9.53 Å². The Kier molecular flexibility index (Phi) is 4.73. The Balaban J connectivity index is 1.78. The van der Waals surface area contributed by atoms with E-state index < -0.39 is 0 Å². The molecule has 0 spiro atoms. The Morgan fingerprint density at radius 2 is 2.21 bits per heavy atom. The molecule has 1 heterocycles. The van der Waals surface area contributed by atoms with Gasteiger partial charge in [-0.15, -0.1) is 0 Å². The quantitative estimate of drug-likeness (QED) is 0.839. The molecule has 5 nitrogen and oxygen atoms in total. The minimum Gasteiger partial charge on any atom is -0.461 e. The smallest absolute Gasteiger partial charge is 0.325 e. The van der Waals surface area contributed by atoms with Gasteiger partial charge in [0.1, 0.15) is 30.2 Å². The first-order valence-corrected chi connectivity index (χ1v) is 6.58. The summed E-state index contributed by atoms with van der Waals surface area (Å²) in [6.07, 6.45) is 5.51. The third-order valence-corrected chi connectivity index (χ3v) is 3.13. The molecular formula is C14H17N3O2. The van der Waals surface area contributed by atoms with Crippen LogP contribution in [0.4, 0.5) is 5.82 Å². The van der Waals surface area contributed by atoms with Crippen LogP contribution in [0.5, 0.6) is 0 Å². The van der Waals surface area contributed by atoms with E-state index in [4.69, 9.17) is 10.00 Å². The van der Waals surface area contributed by atoms with E-state index >= 15 is 0 Å². The highest BCUT2D eigenvalue weighted by molar-refractivity contribution is 5.74. The third kappa shape index (κ3) is 4.25. The summed E-state index contributed by atoms with van der Waals surface area (Å²) in [6.45, 7) is 0.0817. The Hall–Kier alpha value is -2.09. The number of rotatable bonds is 4. The number of pyridine rings is 1. The maximum absolute atomic E-state index is 11.7. The first-order chi connectivity index (χ1) is 9.28. The lowest BCUT2D eigenvalue weighted by molar-refractivity contribution is -0.148. The molecule has 0 bridgehead atoms. The van der Waals surface area contributed by atoms with Gasteiger partial charge in [0.2, 0.25) is 0 Å². The van der Waals surface area contributed by atoms with Gasteiger partial charge in [0.15, 0.2) is 0 Å². The highest BCUT2D eigenvalue weighted by Gasteiger charge is 2.17. The molecule has 1 fully saturated rings. The Morgan fingerprint density at radius 3 is 2.95 bits per heavy atom.